The summed E-state index contributed by atoms with van der Waals surface area (Å²) in [7, 11) is 0. The van der Waals surface area contributed by atoms with Gasteiger partial charge in [-0.25, -0.2) is 4.79 Å². The smallest absolute Gasteiger partial charge is 0.415 e. The van der Waals surface area contributed by atoms with Crippen molar-refractivity contribution < 1.29 is 22.7 Å². The number of nitrogens with zero attached hydrogens (tertiary/aromatic N) is 2. The van der Waals surface area contributed by atoms with Gasteiger partial charge in [-0.15, -0.1) is 0 Å². The van der Waals surface area contributed by atoms with E-state index in [9.17, 15) is 18.0 Å². The molecule has 2 heterocycles. The van der Waals surface area contributed by atoms with Gasteiger partial charge in [0.25, 0.3) is 0 Å². The molecule has 2 rings (SSSR count). The molecule has 1 saturated heterocycles. The van der Waals surface area contributed by atoms with E-state index < -0.39 is 29.8 Å². The van der Waals surface area contributed by atoms with Crippen LogP contribution in [0.2, 0.25) is 0 Å². The fourth-order valence-corrected chi connectivity index (χ4v) is 2.74. The number of ether oxygens (including phenoxy) is 1. The van der Waals surface area contributed by atoms with Crippen molar-refractivity contribution in [3.8, 4) is 0 Å². The number of alkyl halides is 3. The molecule has 6 nitrogen and oxygen atoms in total. The van der Waals surface area contributed by atoms with Gasteiger partial charge in [-0.05, 0) is 33.3 Å². The number of rotatable bonds is 2. The van der Waals surface area contributed by atoms with Crippen LogP contribution in [-0.4, -0.2) is 42.0 Å². The van der Waals surface area contributed by atoms with Crippen molar-refractivity contribution in [1.82, 2.24) is 10.3 Å². The number of aromatic nitrogens is 1. The predicted molar refractivity (Wildman–Crippen MR) is 88.2 cm³/mol. The minimum Gasteiger partial charge on any atom is -0.443 e. The number of nitrogen functional groups attached to an aromatic ring is 1. The van der Waals surface area contributed by atoms with Crippen LogP contribution in [0.1, 0.15) is 27.2 Å². The number of nitrogens with one attached hydrogen (secondary N) is 1. The summed E-state index contributed by atoms with van der Waals surface area (Å²) in [5, 5.41) is 2.75. The Hall–Kier alpha value is -2.03. The Morgan fingerprint density at radius 1 is 1.36 bits per heavy atom. The molecule has 2 atom stereocenters. The molecule has 0 saturated carbocycles. The normalized spacial score (nSPS) is 21.7. The Morgan fingerprint density at radius 3 is 2.60 bits per heavy atom. The molecule has 1 amide bonds. The van der Waals surface area contributed by atoms with Crippen LogP contribution in [0.4, 0.5) is 29.3 Å². The zero-order valence-electron chi connectivity index (χ0n) is 14.4. The van der Waals surface area contributed by atoms with Crippen LogP contribution >= 0.6 is 0 Å². The summed E-state index contributed by atoms with van der Waals surface area (Å²) >= 11 is 0. The molecule has 1 aromatic rings. The standard InChI is InChI=1S/C16H23F3N4O2/c1-15(2,3)25-14(24)23(13-4-5-21-9-12(13)20)11-6-10(7-22-8-11)16(17,18)19/h4-5,9-11,22H,6-8,20H2,1-3H3. The molecule has 1 aromatic heterocycles. The summed E-state index contributed by atoms with van der Waals surface area (Å²) in [5.74, 6) is -1.54. The van der Waals surface area contributed by atoms with Crippen LogP contribution in [0.3, 0.4) is 0 Å². The van der Waals surface area contributed by atoms with Crippen molar-refractivity contribution in [2.45, 2.75) is 45.0 Å². The van der Waals surface area contributed by atoms with E-state index in [0.717, 1.165) is 0 Å². The molecule has 1 aliphatic heterocycles. The summed E-state index contributed by atoms with van der Waals surface area (Å²) in [5.41, 5.74) is 5.59. The van der Waals surface area contributed by atoms with E-state index in [1.54, 1.807) is 20.8 Å². The van der Waals surface area contributed by atoms with Gasteiger partial charge in [0.2, 0.25) is 0 Å². The molecule has 0 radical (unpaired) electrons. The van der Waals surface area contributed by atoms with Gasteiger partial charge >= 0.3 is 12.3 Å². The van der Waals surface area contributed by atoms with Crippen LogP contribution < -0.4 is 16.0 Å². The topological polar surface area (TPSA) is 80.5 Å². The molecule has 0 bridgehead atoms. The number of anilines is 2. The second kappa shape index (κ2) is 7.07. The first-order valence-electron chi connectivity index (χ1n) is 7.98. The van der Waals surface area contributed by atoms with Crippen LogP contribution in [-0.2, 0) is 4.74 Å². The van der Waals surface area contributed by atoms with Gasteiger partial charge < -0.3 is 15.8 Å². The molecule has 1 fully saturated rings. The first kappa shape index (κ1) is 19.3. The highest BCUT2D eigenvalue weighted by atomic mass is 19.4. The van der Waals surface area contributed by atoms with Gasteiger partial charge in [-0.3, -0.25) is 9.88 Å². The highest BCUT2D eigenvalue weighted by molar-refractivity contribution is 5.92. The molecule has 25 heavy (non-hydrogen) atoms. The van der Waals surface area contributed by atoms with Gasteiger partial charge in [0.1, 0.15) is 5.60 Å². The zero-order valence-corrected chi connectivity index (χ0v) is 14.4. The Morgan fingerprint density at radius 2 is 2.04 bits per heavy atom. The molecule has 3 N–H and O–H groups in total. The average molecular weight is 360 g/mol. The van der Waals surface area contributed by atoms with Crippen LogP contribution in [0.15, 0.2) is 18.5 Å². The zero-order chi connectivity index (χ0) is 18.8. The monoisotopic (exact) mass is 360 g/mol. The van der Waals surface area contributed by atoms with Gasteiger partial charge in [0.05, 0.1) is 29.5 Å². The Labute approximate surface area is 144 Å². The third kappa shape index (κ3) is 4.97. The minimum absolute atomic E-state index is 0.173. The third-order valence-corrected chi connectivity index (χ3v) is 3.83. The highest BCUT2D eigenvalue weighted by Crippen LogP contribution is 2.35. The van der Waals surface area contributed by atoms with Crippen molar-refractivity contribution in [3.63, 3.8) is 0 Å². The molecule has 0 spiro atoms. The number of carbonyl (C=O) groups is 1. The quantitative estimate of drug-likeness (QED) is 0.848. The lowest BCUT2D eigenvalue weighted by molar-refractivity contribution is -0.179. The van der Waals surface area contributed by atoms with Crippen LogP contribution in [0.5, 0.6) is 0 Å². The molecule has 2 unspecified atom stereocenters. The van der Waals surface area contributed by atoms with E-state index in [2.05, 4.69) is 10.3 Å². The maximum absolute atomic E-state index is 13.1. The lowest BCUT2D eigenvalue weighted by Gasteiger charge is -2.39. The molecule has 140 valence electrons. The average Bonchev–Trinajstić information content (AvgIpc) is 2.47. The summed E-state index contributed by atoms with van der Waals surface area (Å²) in [4.78, 5) is 17.7. The van der Waals surface area contributed by atoms with E-state index in [1.807, 2.05) is 0 Å². The highest BCUT2D eigenvalue weighted by Gasteiger charge is 2.45. The maximum Gasteiger partial charge on any atom is 0.415 e. The summed E-state index contributed by atoms with van der Waals surface area (Å²) in [6, 6.07) is 0.760. The summed E-state index contributed by atoms with van der Waals surface area (Å²) in [6.07, 6.45) is -2.52. The maximum atomic E-state index is 13.1. The first-order chi connectivity index (χ1) is 11.5. The molecular weight excluding hydrogens is 337 g/mol. The van der Waals surface area contributed by atoms with E-state index in [4.69, 9.17) is 10.5 Å². The van der Waals surface area contributed by atoms with Gasteiger partial charge in [-0.2, -0.15) is 13.2 Å². The Balaban J connectivity index is 2.34. The molecule has 1 aliphatic rings. The predicted octanol–water partition coefficient (Wildman–Crippen LogP) is 2.95. The number of carbonyl (C=O) groups excluding carboxylic acids is 1. The van der Waals surface area contributed by atoms with Gasteiger partial charge in [0.15, 0.2) is 0 Å². The fourth-order valence-electron chi connectivity index (χ4n) is 2.74. The molecule has 0 aromatic carbocycles. The number of hydrogen-bond donors (Lipinski definition) is 2. The first-order valence-corrected chi connectivity index (χ1v) is 7.98. The van der Waals surface area contributed by atoms with Crippen molar-refractivity contribution in [2.75, 3.05) is 23.7 Å². The molecular formula is C16H23F3N4O2. The van der Waals surface area contributed by atoms with Crippen LogP contribution in [0.25, 0.3) is 0 Å². The molecule has 0 aliphatic carbocycles. The number of halogens is 3. The van der Waals surface area contributed by atoms with Crippen LogP contribution in [0, 0.1) is 5.92 Å². The Kier molecular flexibility index (Phi) is 5.46. The molecule has 9 heteroatoms. The van der Waals surface area contributed by atoms with E-state index >= 15 is 0 Å². The van der Waals surface area contributed by atoms with E-state index in [0.29, 0.717) is 5.69 Å². The number of hydrogen-bond acceptors (Lipinski definition) is 5. The third-order valence-electron chi connectivity index (χ3n) is 3.83. The van der Waals surface area contributed by atoms with Gasteiger partial charge in [-0.1, -0.05) is 0 Å². The van der Waals surface area contributed by atoms with Crippen molar-refractivity contribution >= 4 is 17.5 Å². The number of amides is 1. The minimum atomic E-state index is -4.34. The van der Waals surface area contributed by atoms with E-state index in [1.165, 1.54) is 23.4 Å². The lowest BCUT2D eigenvalue weighted by Crippen LogP contribution is -2.55. The number of pyridine rings is 1. The Bertz CT molecular complexity index is 616. The number of nitrogens with two attached hydrogens (primary N) is 1. The largest absolute Gasteiger partial charge is 0.443 e. The summed E-state index contributed by atoms with van der Waals surface area (Å²) < 4.78 is 44.8. The van der Waals surface area contributed by atoms with Crippen molar-refractivity contribution in [3.05, 3.63) is 18.5 Å². The van der Waals surface area contributed by atoms with Gasteiger partial charge in [0, 0.05) is 19.3 Å². The van der Waals surface area contributed by atoms with E-state index in [-0.39, 0.29) is 25.2 Å². The second-order valence-corrected chi connectivity index (χ2v) is 7.07. The second-order valence-electron chi connectivity index (χ2n) is 7.07. The number of piperidine rings is 1. The lowest BCUT2D eigenvalue weighted by atomic mass is 9.94. The fraction of sp³-hybridized carbons (Fsp3) is 0.625. The van der Waals surface area contributed by atoms with Crippen molar-refractivity contribution in [2.24, 2.45) is 5.92 Å². The van der Waals surface area contributed by atoms with Crippen molar-refractivity contribution in [1.29, 1.82) is 0 Å². The SMILES string of the molecule is CC(C)(C)OC(=O)N(c1ccncc1N)C1CNCC(C(F)(F)F)C1. The summed E-state index contributed by atoms with van der Waals surface area (Å²) in [6.45, 7) is 5.12.